The smallest absolute Gasteiger partial charge is 0.0788 e. The van der Waals surface area contributed by atoms with Crippen LogP contribution < -0.4 is 0 Å². The minimum atomic E-state index is -0.160. The fourth-order valence-corrected chi connectivity index (χ4v) is 2.71. The average molecular weight is 152 g/mol. The molecule has 0 radical (unpaired) electrons. The number of aliphatic hydroxyl groups is 1. The van der Waals surface area contributed by atoms with Crippen LogP contribution in [-0.4, -0.2) is 11.2 Å². The van der Waals surface area contributed by atoms with E-state index in [1.807, 2.05) is 6.08 Å². The molecule has 0 aromatic carbocycles. The minimum absolute atomic E-state index is 0.160. The van der Waals surface area contributed by atoms with E-state index in [1.54, 1.807) is 0 Å². The molecule has 0 aromatic heterocycles. The van der Waals surface area contributed by atoms with Crippen molar-refractivity contribution in [2.24, 2.45) is 17.3 Å². The van der Waals surface area contributed by atoms with Gasteiger partial charge < -0.3 is 5.11 Å². The van der Waals surface area contributed by atoms with Gasteiger partial charge in [0.25, 0.3) is 0 Å². The number of rotatable bonds is 1. The highest BCUT2D eigenvalue weighted by Gasteiger charge is 2.63. The number of hydrogen-bond donors (Lipinski definition) is 1. The van der Waals surface area contributed by atoms with E-state index in [9.17, 15) is 5.11 Å². The number of aliphatic hydroxyl groups excluding tert-OH is 1. The molecule has 0 saturated heterocycles. The van der Waals surface area contributed by atoms with Crippen LogP contribution in [0.3, 0.4) is 0 Å². The predicted octanol–water partition coefficient (Wildman–Crippen LogP) is 1.97. The van der Waals surface area contributed by atoms with E-state index in [-0.39, 0.29) is 11.5 Å². The van der Waals surface area contributed by atoms with Crippen molar-refractivity contribution in [3.8, 4) is 0 Å². The van der Waals surface area contributed by atoms with Gasteiger partial charge in [0.1, 0.15) is 0 Å². The number of fused-ring (bicyclic) bond motifs is 1. The van der Waals surface area contributed by atoms with Gasteiger partial charge in [0.05, 0.1) is 6.10 Å². The first-order valence-corrected chi connectivity index (χ1v) is 4.45. The Hall–Kier alpha value is -0.300. The predicted molar refractivity (Wildman–Crippen MR) is 45.1 cm³/mol. The molecular weight excluding hydrogens is 136 g/mol. The van der Waals surface area contributed by atoms with Gasteiger partial charge in [-0.25, -0.2) is 0 Å². The average Bonchev–Trinajstić information content (AvgIpc) is 2.56. The molecule has 1 fully saturated rings. The van der Waals surface area contributed by atoms with E-state index in [1.165, 1.54) is 12.0 Å². The van der Waals surface area contributed by atoms with Gasteiger partial charge in [-0.05, 0) is 25.2 Å². The second-order valence-electron chi connectivity index (χ2n) is 4.38. The molecule has 1 N–H and O–H groups in total. The van der Waals surface area contributed by atoms with E-state index in [2.05, 4.69) is 20.8 Å². The Morgan fingerprint density at radius 3 is 2.45 bits per heavy atom. The van der Waals surface area contributed by atoms with Crippen molar-refractivity contribution in [2.75, 3.05) is 0 Å². The first-order valence-electron chi connectivity index (χ1n) is 4.45. The van der Waals surface area contributed by atoms with Crippen LogP contribution in [0.4, 0.5) is 0 Å². The standard InChI is InChI=1S/C10H16O/c1-6(2)10-5-8(10)7(3)4-9(10)11/h4,6,8-9,11H,5H2,1-3H3/t8-,9+,10+/m1/s1. The highest BCUT2D eigenvalue weighted by molar-refractivity contribution is 5.33. The van der Waals surface area contributed by atoms with Crippen LogP contribution >= 0.6 is 0 Å². The largest absolute Gasteiger partial charge is 0.388 e. The molecule has 2 rings (SSSR count). The third-order valence-electron chi connectivity index (χ3n) is 3.64. The highest BCUT2D eigenvalue weighted by atomic mass is 16.3. The first kappa shape index (κ1) is 7.35. The molecule has 0 spiro atoms. The Morgan fingerprint density at radius 2 is 2.27 bits per heavy atom. The zero-order valence-electron chi connectivity index (χ0n) is 7.46. The summed E-state index contributed by atoms with van der Waals surface area (Å²) in [7, 11) is 0. The lowest BCUT2D eigenvalue weighted by molar-refractivity contribution is 0.106. The van der Waals surface area contributed by atoms with Gasteiger partial charge in [0.2, 0.25) is 0 Å². The van der Waals surface area contributed by atoms with Crippen LogP contribution in [0.2, 0.25) is 0 Å². The molecule has 62 valence electrons. The maximum atomic E-state index is 9.75. The fourth-order valence-electron chi connectivity index (χ4n) is 2.71. The summed E-state index contributed by atoms with van der Waals surface area (Å²) in [6.45, 7) is 6.58. The molecule has 2 aliphatic carbocycles. The SMILES string of the molecule is CC1=C[C@H](O)[C@]2(C(C)C)C[C@H]12. The van der Waals surface area contributed by atoms with Crippen molar-refractivity contribution in [1.82, 2.24) is 0 Å². The molecule has 0 heterocycles. The summed E-state index contributed by atoms with van der Waals surface area (Å²) < 4.78 is 0. The van der Waals surface area contributed by atoms with Crippen molar-refractivity contribution in [1.29, 1.82) is 0 Å². The van der Waals surface area contributed by atoms with Gasteiger partial charge >= 0.3 is 0 Å². The molecule has 0 amide bonds. The number of allylic oxidation sites excluding steroid dienone is 1. The molecule has 11 heavy (non-hydrogen) atoms. The van der Waals surface area contributed by atoms with E-state index < -0.39 is 0 Å². The van der Waals surface area contributed by atoms with Gasteiger partial charge in [0.15, 0.2) is 0 Å². The molecule has 2 aliphatic rings. The van der Waals surface area contributed by atoms with Gasteiger partial charge in [-0.15, -0.1) is 0 Å². The monoisotopic (exact) mass is 152 g/mol. The second kappa shape index (κ2) is 1.89. The summed E-state index contributed by atoms with van der Waals surface area (Å²) in [5, 5.41) is 9.75. The van der Waals surface area contributed by atoms with Gasteiger partial charge in [-0.3, -0.25) is 0 Å². The molecular formula is C10H16O. The van der Waals surface area contributed by atoms with Crippen LogP contribution in [-0.2, 0) is 0 Å². The molecule has 1 saturated carbocycles. The molecule has 1 nitrogen and oxygen atoms in total. The zero-order chi connectivity index (χ0) is 8.22. The normalized spacial score (nSPS) is 47.5. The summed E-state index contributed by atoms with van der Waals surface area (Å²) in [6.07, 6.45) is 3.09. The summed E-state index contributed by atoms with van der Waals surface area (Å²) in [5.74, 6) is 1.33. The topological polar surface area (TPSA) is 20.2 Å². The molecule has 0 aromatic rings. The Kier molecular flexibility index (Phi) is 1.26. The van der Waals surface area contributed by atoms with E-state index in [0.717, 1.165) is 0 Å². The Bertz CT molecular complexity index is 217. The minimum Gasteiger partial charge on any atom is -0.388 e. The second-order valence-corrected chi connectivity index (χ2v) is 4.38. The van der Waals surface area contributed by atoms with Gasteiger partial charge in [-0.2, -0.15) is 0 Å². The van der Waals surface area contributed by atoms with Crippen molar-refractivity contribution in [2.45, 2.75) is 33.3 Å². The van der Waals surface area contributed by atoms with E-state index in [4.69, 9.17) is 0 Å². The molecule has 0 unspecified atom stereocenters. The lowest BCUT2D eigenvalue weighted by Gasteiger charge is -2.21. The van der Waals surface area contributed by atoms with Crippen LogP contribution in [0.1, 0.15) is 27.2 Å². The third kappa shape index (κ3) is 0.698. The maximum absolute atomic E-state index is 9.75. The maximum Gasteiger partial charge on any atom is 0.0788 e. The van der Waals surface area contributed by atoms with Crippen molar-refractivity contribution in [3.05, 3.63) is 11.6 Å². The van der Waals surface area contributed by atoms with Gasteiger partial charge in [0, 0.05) is 5.41 Å². The molecule has 3 atom stereocenters. The quantitative estimate of drug-likeness (QED) is 0.569. The van der Waals surface area contributed by atoms with Crippen molar-refractivity contribution in [3.63, 3.8) is 0 Å². The lowest BCUT2D eigenvalue weighted by Crippen LogP contribution is -2.23. The van der Waals surface area contributed by atoms with Crippen LogP contribution in [0.5, 0.6) is 0 Å². The fraction of sp³-hybridized carbons (Fsp3) is 0.800. The molecule has 1 heteroatoms. The Labute approximate surface area is 68.1 Å². The van der Waals surface area contributed by atoms with Crippen LogP contribution in [0, 0.1) is 17.3 Å². The first-order chi connectivity index (χ1) is 5.09. The van der Waals surface area contributed by atoms with E-state index >= 15 is 0 Å². The zero-order valence-corrected chi connectivity index (χ0v) is 7.46. The number of hydrogen-bond acceptors (Lipinski definition) is 1. The summed E-state index contributed by atoms with van der Waals surface area (Å²) in [6, 6.07) is 0. The summed E-state index contributed by atoms with van der Waals surface area (Å²) in [4.78, 5) is 0. The summed E-state index contributed by atoms with van der Waals surface area (Å²) in [5.41, 5.74) is 1.66. The third-order valence-corrected chi connectivity index (χ3v) is 3.64. The van der Waals surface area contributed by atoms with Gasteiger partial charge in [-0.1, -0.05) is 25.5 Å². The van der Waals surface area contributed by atoms with Crippen molar-refractivity contribution >= 4 is 0 Å². The van der Waals surface area contributed by atoms with Crippen LogP contribution in [0.15, 0.2) is 11.6 Å². The molecule has 0 bridgehead atoms. The van der Waals surface area contributed by atoms with Crippen LogP contribution in [0.25, 0.3) is 0 Å². The van der Waals surface area contributed by atoms with Crippen molar-refractivity contribution < 1.29 is 5.11 Å². The Balaban J connectivity index is 2.26. The Morgan fingerprint density at radius 1 is 1.64 bits per heavy atom. The van der Waals surface area contributed by atoms with E-state index in [0.29, 0.717) is 11.8 Å². The molecule has 0 aliphatic heterocycles. The lowest BCUT2D eigenvalue weighted by atomic mass is 9.87. The summed E-state index contributed by atoms with van der Waals surface area (Å²) >= 11 is 0. The highest BCUT2D eigenvalue weighted by Crippen LogP contribution is 2.67.